The van der Waals surface area contributed by atoms with E-state index in [2.05, 4.69) is 5.32 Å². The Morgan fingerprint density at radius 3 is 2.68 bits per heavy atom. The minimum absolute atomic E-state index is 0.0238. The summed E-state index contributed by atoms with van der Waals surface area (Å²) in [5.41, 5.74) is -0.606. The smallest absolute Gasteiger partial charge is 0.325 e. The standard InChI is InChI=1S/C21H26N4O5S/c1-14(2)11-24(17-7-8-31(29,30)13-17)18(26)12-25-19(27)21(3,23-20(25)28)16-6-4-5-15(9-16)10-22/h4-6,9,14,17H,7-8,11-13H2,1-3H3,(H,23,28). The van der Waals surface area contributed by atoms with Gasteiger partial charge >= 0.3 is 6.03 Å². The van der Waals surface area contributed by atoms with Crippen LogP contribution in [0.2, 0.25) is 0 Å². The molecule has 0 spiro atoms. The summed E-state index contributed by atoms with van der Waals surface area (Å²) in [6, 6.07) is 7.22. The lowest BCUT2D eigenvalue weighted by Crippen LogP contribution is -2.49. The summed E-state index contributed by atoms with van der Waals surface area (Å²) < 4.78 is 23.8. The van der Waals surface area contributed by atoms with Gasteiger partial charge in [0.05, 0.1) is 23.1 Å². The molecule has 0 aliphatic carbocycles. The summed E-state index contributed by atoms with van der Waals surface area (Å²) in [6.07, 6.45) is 0.347. The zero-order chi connectivity index (χ0) is 23.0. The van der Waals surface area contributed by atoms with Gasteiger partial charge in [-0.25, -0.2) is 13.2 Å². The Morgan fingerprint density at radius 1 is 1.39 bits per heavy atom. The number of amides is 4. The number of nitrogens with one attached hydrogen (secondary N) is 1. The van der Waals surface area contributed by atoms with Gasteiger partial charge in [0.25, 0.3) is 5.91 Å². The number of sulfone groups is 1. The monoisotopic (exact) mass is 446 g/mol. The second-order valence-electron chi connectivity index (χ2n) is 8.64. The summed E-state index contributed by atoms with van der Waals surface area (Å²) in [5, 5.41) is 11.8. The van der Waals surface area contributed by atoms with Crippen LogP contribution in [0, 0.1) is 17.2 Å². The molecule has 2 aliphatic heterocycles. The quantitative estimate of drug-likeness (QED) is 0.649. The molecule has 1 aromatic carbocycles. The van der Waals surface area contributed by atoms with Crippen molar-refractivity contribution in [3.05, 3.63) is 35.4 Å². The Hall–Kier alpha value is -2.93. The summed E-state index contributed by atoms with van der Waals surface area (Å²) in [6.45, 7) is 5.22. The third kappa shape index (κ3) is 4.56. The van der Waals surface area contributed by atoms with Crippen LogP contribution in [-0.4, -0.2) is 66.7 Å². The number of benzene rings is 1. The average Bonchev–Trinajstić information content (AvgIpc) is 3.17. The van der Waals surface area contributed by atoms with Crippen LogP contribution >= 0.6 is 0 Å². The Bertz CT molecular complexity index is 1060. The van der Waals surface area contributed by atoms with Crippen molar-refractivity contribution in [2.24, 2.45) is 5.92 Å². The average molecular weight is 447 g/mol. The van der Waals surface area contributed by atoms with Crippen molar-refractivity contribution in [3.8, 4) is 6.07 Å². The van der Waals surface area contributed by atoms with Gasteiger partial charge in [-0.1, -0.05) is 26.0 Å². The number of carbonyl (C=O) groups excluding carboxylic acids is 3. The lowest BCUT2D eigenvalue weighted by atomic mass is 9.91. The van der Waals surface area contributed by atoms with Gasteiger partial charge in [-0.15, -0.1) is 0 Å². The van der Waals surface area contributed by atoms with E-state index in [0.29, 0.717) is 24.1 Å². The van der Waals surface area contributed by atoms with Crippen LogP contribution < -0.4 is 5.32 Å². The Labute approximate surface area is 181 Å². The molecule has 2 unspecified atom stereocenters. The number of carbonyl (C=O) groups is 3. The maximum atomic E-state index is 13.1. The number of urea groups is 1. The number of rotatable bonds is 6. The first-order chi connectivity index (χ1) is 14.5. The van der Waals surface area contributed by atoms with Crippen LogP contribution in [0.4, 0.5) is 4.79 Å². The third-order valence-corrected chi connectivity index (χ3v) is 7.42. The molecule has 4 amide bonds. The highest BCUT2D eigenvalue weighted by atomic mass is 32.2. The summed E-state index contributed by atoms with van der Waals surface area (Å²) >= 11 is 0. The van der Waals surface area contributed by atoms with E-state index < -0.39 is 45.8 Å². The molecule has 3 rings (SSSR count). The van der Waals surface area contributed by atoms with Gasteiger partial charge in [0, 0.05) is 12.6 Å². The zero-order valence-corrected chi connectivity index (χ0v) is 18.6. The van der Waals surface area contributed by atoms with Gasteiger partial charge < -0.3 is 10.2 Å². The fourth-order valence-corrected chi connectivity index (χ4v) is 5.76. The normalized spacial score (nSPS) is 24.9. The lowest BCUT2D eigenvalue weighted by molar-refractivity contribution is -0.140. The first-order valence-corrected chi connectivity index (χ1v) is 11.9. The van der Waals surface area contributed by atoms with Crippen molar-refractivity contribution in [3.63, 3.8) is 0 Å². The van der Waals surface area contributed by atoms with E-state index in [-0.39, 0.29) is 17.4 Å². The molecule has 0 aromatic heterocycles. The SMILES string of the molecule is CC(C)CN(C(=O)CN1C(=O)NC(C)(c2cccc(C#N)c2)C1=O)C1CCS(=O)(=O)C1. The van der Waals surface area contributed by atoms with E-state index in [0.717, 1.165) is 4.90 Å². The molecule has 2 atom stereocenters. The van der Waals surface area contributed by atoms with E-state index in [9.17, 15) is 22.8 Å². The van der Waals surface area contributed by atoms with Gasteiger partial charge in [-0.05, 0) is 37.0 Å². The molecule has 166 valence electrons. The lowest BCUT2D eigenvalue weighted by Gasteiger charge is -2.31. The molecule has 31 heavy (non-hydrogen) atoms. The topological polar surface area (TPSA) is 128 Å². The van der Waals surface area contributed by atoms with Gasteiger partial charge in [-0.3, -0.25) is 14.5 Å². The van der Waals surface area contributed by atoms with Crippen LogP contribution in [0.25, 0.3) is 0 Å². The number of nitriles is 1. The number of nitrogens with zero attached hydrogens (tertiary/aromatic N) is 3. The maximum Gasteiger partial charge on any atom is 0.325 e. The predicted octanol–water partition coefficient (Wildman–Crippen LogP) is 0.997. The molecule has 2 fully saturated rings. The second-order valence-corrected chi connectivity index (χ2v) is 10.9. The van der Waals surface area contributed by atoms with Crippen LogP contribution in [0.15, 0.2) is 24.3 Å². The Kier molecular flexibility index (Phi) is 6.09. The molecule has 2 saturated heterocycles. The van der Waals surface area contributed by atoms with E-state index in [1.807, 2.05) is 19.9 Å². The van der Waals surface area contributed by atoms with Gasteiger partial charge in [0.1, 0.15) is 12.1 Å². The minimum atomic E-state index is -3.20. The van der Waals surface area contributed by atoms with Crippen molar-refractivity contribution in [2.45, 2.75) is 38.8 Å². The van der Waals surface area contributed by atoms with E-state index >= 15 is 0 Å². The highest BCUT2D eigenvalue weighted by Crippen LogP contribution is 2.29. The summed E-state index contributed by atoms with van der Waals surface area (Å²) in [7, 11) is -3.20. The van der Waals surface area contributed by atoms with Crippen LogP contribution in [-0.2, 0) is 25.0 Å². The highest BCUT2D eigenvalue weighted by Gasteiger charge is 2.50. The first-order valence-electron chi connectivity index (χ1n) is 10.1. The molecule has 2 aliphatic rings. The molecular weight excluding hydrogens is 420 g/mol. The number of hydrogen-bond acceptors (Lipinski definition) is 6. The van der Waals surface area contributed by atoms with Gasteiger partial charge in [0.2, 0.25) is 5.91 Å². The number of imide groups is 1. The largest absolute Gasteiger partial charge is 0.337 e. The summed E-state index contributed by atoms with van der Waals surface area (Å²) in [5.74, 6) is -1.05. The van der Waals surface area contributed by atoms with Crippen molar-refractivity contribution in [1.82, 2.24) is 15.1 Å². The first kappa shape index (κ1) is 22.7. The molecule has 0 saturated carbocycles. The molecule has 0 bridgehead atoms. The van der Waals surface area contributed by atoms with Crippen molar-refractivity contribution < 1.29 is 22.8 Å². The van der Waals surface area contributed by atoms with Crippen LogP contribution in [0.5, 0.6) is 0 Å². The minimum Gasteiger partial charge on any atom is -0.337 e. The van der Waals surface area contributed by atoms with Crippen molar-refractivity contribution in [1.29, 1.82) is 5.26 Å². The second kappa shape index (κ2) is 8.30. The van der Waals surface area contributed by atoms with E-state index in [1.54, 1.807) is 18.2 Å². The van der Waals surface area contributed by atoms with Crippen molar-refractivity contribution in [2.75, 3.05) is 24.6 Å². The fourth-order valence-electron chi connectivity index (χ4n) is 4.03. The third-order valence-electron chi connectivity index (χ3n) is 5.67. The van der Waals surface area contributed by atoms with E-state index in [4.69, 9.17) is 5.26 Å². The fraction of sp³-hybridized carbons (Fsp3) is 0.524. The molecule has 0 radical (unpaired) electrons. The molecular formula is C21H26N4O5S. The van der Waals surface area contributed by atoms with Crippen LogP contribution in [0.1, 0.15) is 38.3 Å². The summed E-state index contributed by atoms with van der Waals surface area (Å²) in [4.78, 5) is 41.2. The molecule has 1 aromatic rings. The highest BCUT2D eigenvalue weighted by molar-refractivity contribution is 7.91. The molecule has 2 heterocycles. The number of hydrogen-bond donors (Lipinski definition) is 1. The maximum absolute atomic E-state index is 13.1. The molecule has 1 N–H and O–H groups in total. The van der Waals surface area contributed by atoms with Gasteiger partial charge in [-0.2, -0.15) is 5.26 Å². The van der Waals surface area contributed by atoms with Crippen LogP contribution in [0.3, 0.4) is 0 Å². The Balaban J connectivity index is 1.82. The van der Waals surface area contributed by atoms with Crippen molar-refractivity contribution >= 4 is 27.7 Å². The zero-order valence-electron chi connectivity index (χ0n) is 17.8. The predicted molar refractivity (Wildman–Crippen MR) is 112 cm³/mol. The molecule has 10 heteroatoms. The Morgan fingerprint density at radius 2 is 2.10 bits per heavy atom. The van der Waals surface area contributed by atoms with E-state index in [1.165, 1.54) is 17.9 Å². The van der Waals surface area contributed by atoms with Gasteiger partial charge in [0.15, 0.2) is 9.84 Å². The molecule has 9 nitrogen and oxygen atoms in total.